The second-order valence-corrected chi connectivity index (χ2v) is 9.89. The van der Waals surface area contributed by atoms with Crippen molar-refractivity contribution in [3.8, 4) is 0 Å². The number of aryl methyl sites for hydroxylation is 2. The Morgan fingerprint density at radius 3 is 2.79 bits per heavy atom. The summed E-state index contributed by atoms with van der Waals surface area (Å²) in [5.74, 6) is 0.878. The molecule has 29 heavy (non-hydrogen) atoms. The fraction of sp³-hybridized carbons (Fsp3) is 0.350. The fourth-order valence-electron chi connectivity index (χ4n) is 2.95. The molecule has 0 saturated heterocycles. The van der Waals surface area contributed by atoms with Gasteiger partial charge in [0.15, 0.2) is 0 Å². The molecule has 9 heteroatoms. The van der Waals surface area contributed by atoms with E-state index in [1.54, 1.807) is 12.1 Å². The van der Waals surface area contributed by atoms with E-state index in [9.17, 15) is 9.59 Å². The van der Waals surface area contributed by atoms with Crippen LogP contribution in [-0.2, 0) is 10.5 Å². The summed E-state index contributed by atoms with van der Waals surface area (Å²) in [7, 11) is 3.75. The third kappa shape index (κ3) is 4.60. The SMILES string of the molecule is Cc1sc2nc(CSC(C)C(=O)Nc3cccc(Cl)c3N(C)C)[nH]c(=O)c2c1C. The molecule has 0 bridgehead atoms. The van der Waals surface area contributed by atoms with E-state index in [1.807, 2.05) is 45.8 Å². The number of aromatic amines is 1. The van der Waals surface area contributed by atoms with Crippen molar-refractivity contribution in [2.24, 2.45) is 0 Å². The minimum Gasteiger partial charge on any atom is -0.375 e. The van der Waals surface area contributed by atoms with E-state index in [0.717, 1.165) is 21.0 Å². The summed E-state index contributed by atoms with van der Waals surface area (Å²) < 4.78 is 0. The number of thiophene rings is 1. The van der Waals surface area contributed by atoms with Crippen LogP contribution in [0.2, 0.25) is 5.02 Å². The Bertz CT molecular complexity index is 1120. The number of nitrogens with one attached hydrogen (secondary N) is 2. The summed E-state index contributed by atoms with van der Waals surface area (Å²) in [6, 6.07) is 5.42. The first-order valence-electron chi connectivity index (χ1n) is 9.06. The molecule has 1 unspecified atom stereocenters. The van der Waals surface area contributed by atoms with Crippen LogP contribution in [0.25, 0.3) is 10.2 Å². The highest BCUT2D eigenvalue weighted by molar-refractivity contribution is 7.99. The summed E-state index contributed by atoms with van der Waals surface area (Å²) in [5, 5.41) is 3.84. The van der Waals surface area contributed by atoms with Gasteiger partial charge in [-0.25, -0.2) is 4.98 Å². The van der Waals surface area contributed by atoms with Crippen molar-refractivity contribution in [3.63, 3.8) is 0 Å². The predicted octanol–water partition coefficient (Wildman–Crippen LogP) is 4.58. The number of aromatic nitrogens is 2. The van der Waals surface area contributed by atoms with Crippen LogP contribution in [0.15, 0.2) is 23.0 Å². The van der Waals surface area contributed by atoms with Crippen LogP contribution < -0.4 is 15.8 Å². The molecule has 0 aliphatic heterocycles. The van der Waals surface area contributed by atoms with Crippen LogP contribution in [0.5, 0.6) is 0 Å². The molecule has 1 amide bonds. The number of thioether (sulfide) groups is 1. The monoisotopic (exact) mass is 450 g/mol. The van der Waals surface area contributed by atoms with E-state index in [1.165, 1.54) is 23.1 Å². The van der Waals surface area contributed by atoms with Crippen LogP contribution in [-0.4, -0.2) is 35.2 Å². The summed E-state index contributed by atoms with van der Waals surface area (Å²) >= 11 is 9.20. The maximum absolute atomic E-state index is 12.7. The molecule has 2 aromatic heterocycles. The Kier molecular flexibility index (Phi) is 6.55. The lowest BCUT2D eigenvalue weighted by Gasteiger charge is -2.20. The average molecular weight is 451 g/mol. The molecule has 0 saturated carbocycles. The topological polar surface area (TPSA) is 78.1 Å². The number of anilines is 2. The van der Waals surface area contributed by atoms with E-state index in [-0.39, 0.29) is 16.7 Å². The highest BCUT2D eigenvalue weighted by Crippen LogP contribution is 2.33. The first-order valence-corrected chi connectivity index (χ1v) is 11.3. The van der Waals surface area contributed by atoms with Crippen molar-refractivity contribution in [1.82, 2.24) is 9.97 Å². The lowest BCUT2D eigenvalue weighted by molar-refractivity contribution is -0.115. The number of fused-ring (bicyclic) bond motifs is 1. The molecule has 0 radical (unpaired) electrons. The molecular formula is C20H23ClN4O2S2. The Labute approximate surface area is 182 Å². The van der Waals surface area contributed by atoms with Crippen molar-refractivity contribution >= 4 is 62.2 Å². The number of H-pyrrole nitrogens is 1. The van der Waals surface area contributed by atoms with Gasteiger partial charge >= 0.3 is 0 Å². The van der Waals surface area contributed by atoms with Gasteiger partial charge in [-0.05, 0) is 38.5 Å². The Morgan fingerprint density at radius 1 is 1.38 bits per heavy atom. The number of rotatable bonds is 6. The third-order valence-corrected chi connectivity index (χ3v) is 7.18. The van der Waals surface area contributed by atoms with Gasteiger partial charge in [-0.3, -0.25) is 9.59 Å². The van der Waals surface area contributed by atoms with Crippen molar-refractivity contribution < 1.29 is 4.79 Å². The van der Waals surface area contributed by atoms with Gasteiger partial charge in [-0.15, -0.1) is 23.1 Å². The Morgan fingerprint density at radius 2 is 2.10 bits per heavy atom. The zero-order valence-corrected chi connectivity index (χ0v) is 19.3. The van der Waals surface area contributed by atoms with E-state index < -0.39 is 0 Å². The molecule has 1 aromatic carbocycles. The van der Waals surface area contributed by atoms with Gasteiger partial charge in [0, 0.05) is 19.0 Å². The smallest absolute Gasteiger partial charge is 0.259 e. The van der Waals surface area contributed by atoms with Crippen molar-refractivity contribution in [2.75, 3.05) is 24.3 Å². The minimum absolute atomic E-state index is 0.126. The standard InChI is InChI=1S/C20H23ClN4O2S2/c1-10-11(2)29-20-16(10)19(27)23-15(24-20)9-28-12(3)18(26)22-14-8-6-7-13(21)17(14)25(4)5/h6-8,12H,9H2,1-5H3,(H,22,26)(H,23,24,27). The van der Waals surface area contributed by atoms with E-state index in [2.05, 4.69) is 15.3 Å². The normalized spacial score (nSPS) is 12.2. The number of amides is 1. The number of carbonyl (C=O) groups excluding carboxylic acids is 1. The maximum Gasteiger partial charge on any atom is 0.259 e. The van der Waals surface area contributed by atoms with Gasteiger partial charge in [0.2, 0.25) is 5.91 Å². The predicted molar refractivity (Wildman–Crippen MR) is 125 cm³/mol. The average Bonchev–Trinajstić information content (AvgIpc) is 2.93. The molecule has 2 heterocycles. The molecule has 1 atom stereocenters. The van der Waals surface area contributed by atoms with Crippen molar-refractivity contribution in [1.29, 1.82) is 0 Å². The lowest BCUT2D eigenvalue weighted by atomic mass is 10.2. The van der Waals surface area contributed by atoms with E-state index in [0.29, 0.717) is 27.7 Å². The van der Waals surface area contributed by atoms with Crippen LogP contribution in [0.1, 0.15) is 23.2 Å². The number of halogens is 1. The number of carbonyl (C=O) groups is 1. The van der Waals surface area contributed by atoms with Gasteiger partial charge in [0.05, 0.1) is 32.8 Å². The second-order valence-electron chi connectivity index (χ2n) is 6.95. The van der Waals surface area contributed by atoms with Gasteiger partial charge in [0.25, 0.3) is 5.56 Å². The van der Waals surface area contributed by atoms with Gasteiger partial charge in [0.1, 0.15) is 10.7 Å². The summed E-state index contributed by atoms with van der Waals surface area (Å²) in [6.45, 7) is 5.75. The number of benzene rings is 1. The van der Waals surface area contributed by atoms with Crippen LogP contribution in [0.4, 0.5) is 11.4 Å². The second kappa shape index (κ2) is 8.77. The summed E-state index contributed by atoms with van der Waals surface area (Å²) in [6.07, 6.45) is 0. The Hall–Kier alpha value is -2.03. The molecule has 3 aromatic rings. The first-order chi connectivity index (χ1) is 13.7. The van der Waals surface area contributed by atoms with Gasteiger partial charge in [-0.2, -0.15) is 0 Å². The van der Waals surface area contributed by atoms with Gasteiger partial charge < -0.3 is 15.2 Å². The van der Waals surface area contributed by atoms with Crippen LogP contribution in [0, 0.1) is 13.8 Å². The molecular weight excluding hydrogens is 428 g/mol. The maximum atomic E-state index is 12.7. The summed E-state index contributed by atoms with van der Waals surface area (Å²) in [4.78, 5) is 36.2. The largest absolute Gasteiger partial charge is 0.375 e. The van der Waals surface area contributed by atoms with Crippen molar-refractivity contribution in [2.45, 2.75) is 31.8 Å². The van der Waals surface area contributed by atoms with Crippen LogP contribution >= 0.6 is 34.7 Å². The molecule has 0 spiro atoms. The highest BCUT2D eigenvalue weighted by Gasteiger charge is 2.18. The minimum atomic E-state index is -0.336. The van der Waals surface area contributed by atoms with Crippen molar-refractivity contribution in [3.05, 3.63) is 49.8 Å². The first kappa shape index (κ1) is 21.7. The lowest BCUT2D eigenvalue weighted by Crippen LogP contribution is -2.24. The Balaban J connectivity index is 1.71. The quantitative estimate of drug-likeness (QED) is 0.574. The molecule has 3 rings (SSSR count). The highest BCUT2D eigenvalue weighted by atomic mass is 35.5. The van der Waals surface area contributed by atoms with E-state index in [4.69, 9.17) is 11.6 Å². The van der Waals surface area contributed by atoms with Crippen LogP contribution in [0.3, 0.4) is 0 Å². The third-order valence-electron chi connectivity index (χ3n) is 4.62. The zero-order chi connectivity index (χ0) is 21.3. The molecule has 0 aliphatic carbocycles. The van der Waals surface area contributed by atoms with E-state index >= 15 is 0 Å². The molecule has 0 fully saturated rings. The summed E-state index contributed by atoms with van der Waals surface area (Å²) in [5.41, 5.74) is 2.28. The molecule has 2 N–H and O–H groups in total. The molecule has 6 nitrogen and oxygen atoms in total. The molecule has 154 valence electrons. The fourth-order valence-corrected chi connectivity index (χ4v) is 5.10. The number of nitrogens with zero attached hydrogens (tertiary/aromatic N) is 2. The number of para-hydroxylation sites is 1. The zero-order valence-electron chi connectivity index (χ0n) is 16.9. The number of hydrogen-bond acceptors (Lipinski definition) is 6. The van der Waals surface area contributed by atoms with Gasteiger partial charge in [-0.1, -0.05) is 17.7 Å². The number of hydrogen-bond donors (Lipinski definition) is 2. The molecule has 0 aliphatic rings.